The highest BCUT2D eigenvalue weighted by Gasteiger charge is 2.10. The number of hydrogen-bond acceptors (Lipinski definition) is 2. The van der Waals surface area contributed by atoms with Gasteiger partial charge in [-0.3, -0.25) is 5.01 Å². The second-order valence-corrected chi connectivity index (χ2v) is 6.39. The number of rotatable bonds is 5. The Morgan fingerprint density at radius 2 is 1.54 bits per heavy atom. The van der Waals surface area contributed by atoms with Gasteiger partial charge in [-0.1, -0.05) is 72.8 Å². The minimum absolute atomic E-state index is 0.343. The van der Waals surface area contributed by atoms with Crippen LogP contribution in [0.5, 0.6) is 0 Å². The van der Waals surface area contributed by atoms with Crippen molar-refractivity contribution in [3.63, 3.8) is 0 Å². The van der Waals surface area contributed by atoms with Crippen LogP contribution < -0.4 is 0 Å². The summed E-state index contributed by atoms with van der Waals surface area (Å²) in [4.78, 5) is 0. The smallest absolute Gasteiger partial charge is 0.0653 e. The number of hydrazone groups is 1. The second-order valence-electron chi connectivity index (χ2n) is 6.39. The summed E-state index contributed by atoms with van der Waals surface area (Å²) in [5.74, 6) is 0. The van der Waals surface area contributed by atoms with Crippen molar-refractivity contribution in [2.75, 3.05) is 0 Å². The first-order chi connectivity index (χ1) is 11.6. The van der Waals surface area contributed by atoms with Gasteiger partial charge < -0.3 is 0 Å². The van der Waals surface area contributed by atoms with Gasteiger partial charge in [0.1, 0.15) is 0 Å². The molecule has 3 aromatic rings. The van der Waals surface area contributed by atoms with Crippen molar-refractivity contribution in [2.24, 2.45) is 5.10 Å². The van der Waals surface area contributed by atoms with Crippen molar-refractivity contribution in [3.8, 4) is 0 Å². The van der Waals surface area contributed by atoms with E-state index in [1.807, 2.05) is 6.07 Å². The molecular formula is C22H24N2. The molecule has 0 fully saturated rings. The molecule has 0 amide bonds. The van der Waals surface area contributed by atoms with Gasteiger partial charge in [0.15, 0.2) is 0 Å². The van der Waals surface area contributed by atoms with Crippen molar-refractivity contribution >= 4 is 16.5 Å². The quantitative estimate of drug-likeness (QED) is 0.450. The van der Waals surface area contributed by atoms with E-state index in [2.05, 4.69) is 92.5 Å². The standard InChI is InChI=1S/C22H24N2/c1-17(2)24(16-19-10-5-4-6-11-19)23-18(3)21-15-9-13-20-12-7-8-14-22(20)21/h4-15,17H,16H2,1-3H3/b23-18+. The van der Waals surface area contributed by atoms with Crippen LogP contribution >= 0.6 is 0 Å². The van der Waals surface area contributed by atoms with Crippen LogP contribution in [0.4, 0.5) is 0 Å². The van der Waals surface area contributed by atoms with E-state index in [0.717, 1.165) is 12.3 Å². The van der Waals surface area contributed by atoms with E-state index in [1.165, 1.54) is 21.9 Å². The molecule has 0 saturated carbocycles. The Bertz CT molecular complexity index is 829. The normalized spacial score (nSPS) is 11.9. The van der Waals surface area contributed by atoms with E-state index in [9.17, 15) is 0 Å². The fourth-order valence-corrected chi connectivity index (χ4v) is 2.89. The molecule has 0 aliphatic carbocycles. The number of nitrogens with zero attached hydrogens (tertiary/aromatic N) is 2. The summed E-state index contributed by atoms with van der Waals surface area (Å²) in [6.07, 6.45) is 0. The largest absolute Gasteiger partial charge is 0.290 e. The lowest BCUT2D eigenvalue weighted by Crippen LogP contribution is -2.26. The number of hydrogen-bond donors (Lipinski definition) is 0. The van der Waals surface area contributed by atoms with Crippen LogP contribution in [0.25, 0.3) is 10.8 Å². The molecule has 0 aromatic heterocycles. The lowest BCUT2D eigenvalue weighted by Gasteiger charge is -2.24. The molecule has 0 bridgehead atoms. The highest BCUT2D eigenvalue weighted by Crippen LogP contribution is 2.20. The molecule has 0 aliphatic heterocycles. The van der Waals surface area contributed by atoms with Gasteiger partial charge in [0, 0.05) is 11.6 Å². The molecule has 122 valence electrons. The highest BCUT2D eigenvalue weighted by molar-refractivity contribution is 6.09. The van der Waals surface area contributed by atoms with Crippen LogP contribution in [-0.4, -0.2) is 16.8 Å². The number of fused-ring (bicyclic) bond motifs is 1. The maximum atomic E-state index is 4.94. The van der Waals surface area contributed by atoms with Crippen molar-refractivity contribution in [2.45, 2.75) is 33.4 Å². The lowest BCUT2D eigenvalue weighted by atomic mass is 10.0. The molecule has 2 heteroatoms. The van der Waals surface area contributed by atoms with Gasteiger partial charge in [0.05, 0.1) is 12.3 Å². The van der Waals surface area contributed by atoms with Gasteiger partial charge in [-0.05, 0) is 37.1 Å². The number of benzene rings is 3. The topological polar surface area (TPSA) is 15.6 Å². The van der Waals surface area contributed by atoms with Crippen LogP contribution in [0, 0.1) is 0 Å². The molecular weight excluding hydrogens is 292 g/mol. The Morgan fingerprint density at radius 3 is 2.29 bits per heavy atom. The minimum atomic E-state index is 0.343. The van der Waals surface area contributed by atoms with Crippen molar-refractivity contribution in [1.82, 2.24) is 5.01 Å². The molecule has 3 rings (SSSR count). The van der Waals surface area contributed by atoms with Gasteiger partial charge in [-0.25, -0.2) is 0 Å². The van der Waals surface area contributed by atoms with Crippen molar-refractivity contribution in [1.29, 1.82) is 0 Å². The van der Waals surface area contributed by atoms with Crippen molar-refractivity contribution < 1.29 is 0 Å². The third kappa shape index (κ3) is 3.65. The summed E-state index contributed by atoms with van der Waals surface area (Å²) in [5.41, 5.74) is 3.53. The summed E-state index contributed by atoms with van der Waals surface area (Å²) in [7, 11) is 0. The van der Waals surface area contributed by atoms with E-state index >= 15 is 0 Å². The van der Waals surface area contributed by atoms with Crippen LogP contribution in [0.1, 0.15) is 31.9 Å². The molecule has 0 spiro atoms. The average Bonchev–Trinajstić information content (AvgIpc) is 2.61. The zero-order chi connectivity index (χ0) is 16.9. The zero-order valence-corrected chi connectivity index (χ0v) is 14.6. The molecule has 0 heterocycles. The van der Waals surface area contributed by atoms with Crippen LogP contribution in [0.3, 0.4) is 0 Å². The van der Waals surface area contributed by atoms with Crippen molar-refractivity contribution in [3.05, 3.63) is 83.9 Å². The molecule has 0 N–H and O–H groups in total. The maximum Gasteiger partial charge on any atom is 0.0653 e. The predicted octanol–water partition coefficient (Wildman–Crippen LogP) is 5.47. The first kappa shape index (κ1) is 16.3. The summed E-state index contributed by atoms with van der Waals surface area (Å²) >= 11 is 0. The van der Waals surface area contributed by atoms with E-state index in [0.29, 0.717) is 6.04 Å². The molecule has 0 aliphatic rings. The third-order valence-corrected chi connectivity index (χ3v) is 4.24. The average molecular weight is 316 g/mol. The van der Waals surface area contributed by atoms with E-state index in [-0.39, 0.29) is 0 Å². The Hall–Kier alpha value is -2.61. The summed E-state index contributed by atoms with van der Waals surface area (Å²) in [5, 5.41) is 9.61. The summed E-state index contributed by atoms with van der Waals surface area (Å²) in [6, 6.07) is 25.7. The molecule has 0 radical (unpaired) electrons. The maximum absolute atomic E-state index is 4.94. The molecule has 0 unspecified atom stereocenters. The monoisotopic (exact) mass is 316 g/mol. The zero-order valence-electron chi connectivity index (χ0n) is 14.6. The predicted molar refractivity (Wildman–Crippen MR) is 103 cm³/mol. The first-order valence-corrected chi connectivity index (χ1v) is 8.49. The van der Waals surface area contributed by atoms with Crippen LogP contribution in [0.2, 0.25) is 0 Å². The van der Waals surface area contributed by atoms with E-state index in [4.69, 9.17) is 5.10 Å². The van der Waals surface area contributed by atoms with E-state index < -0.39 is 0 Å². The molecule has 24 heavy (non-hydrogen) atoms. The van der Waals surface area contributed by atoms with Crippen LogP contribution in [-0.2, 0) is 6.54 Å². The first-order valence-electron chi connectivity index (χ1n) is 8.49. The fraction of sp³-hybridized carbons (Fsp3) is 0.227. The Labute approximate surface area is 144 Å². The van der Waals surface area contributed by atoms with Gasteiger partial charge in [-0.2, -0.15) is 5.10 Å². The SMILES string of the molecule is C/C(=N\N(Cc1ccccc1)C(C)C)c1cccc2ccccc12. The van der Waals surface area contributed by atoms with Crippen LogP contribution in [0.15, 0.2) is 77.9 Å². The van der Waals surface area contributed by atoms with E-state index in [1.54, 1.807) is 0 Å². The Morgan fingerprint density at radius 1 is 0.875 bits per heavy atom. The molecule has 2 nitrogen and oxygen atoms in total. The fourth-order valence-electron chi connectivity index (χ4n) is 2.89. The summed E-state index contributed by atoms with van der Waals surface area (Å²) < 4.78 is 0. The Balaban J connectivity index is 1.94. The van der Waals surface area contributed by atoms with Gasteiger partial charge in [0.2, 0.25) is 0 Å². The molecule has 0 atom stereocenters. The second kappa shape index (κ2) is 7.31. The van der Waals surface area contributed by atoms with Gasteiger partial charge in [-0.15, -0.1) is 0 Å². The Kier molecular flexibility index (Phi) is 4.95. The third-order valence-electron chi connectivity index (χ3n) is 4.24. The highest BCUT2D eigenvalue weighted by atomic mass is 15.5. The van der Waals surface area contributed by atoms with Gasteiger partial charge >= 0.3 is 0 Å². The lowest BCUT2D eigenvalue weighted by molar-refractivity contribution is 0.223. The minimum Gasteiger partial charge on any atom is -0.290 e. The molecule has 0 saturated heterocycles. The van der Waals surface area contributed by atoms with Gasteiger partial charge in [0.25, 0.3) is 0 Å². The molecule has 3 aromatic carbocycles. The summed E-state index contributed by atoms with van der Waals surface area (Å²) in [6.45, 7) is 7.29.